The lowest BCUT2D eigenvalue weighted by Crippen LogP contribution is -2.27. The fraction of sp³-hybridized carbons (Fsp3) is 0.700. The molecule has 84 valence electrons. The van der Waals surface area contributed by atoms with Crippen molar-refractivity contribution in [2.45, 2.75) is 40.7 Å². The molecule has 0 spiro atoms. The molecular weight excluding hydrogens is 194 g/mol. The van der Waals surface area contributed by atoms with Gasteiger partial charge in [-0.3, -0.25) is 4.79 Å². The van der Waals surface area contributed by atoms with Crippen LogP contribution in [0.2, 0.25) is 0 Å². The van der Waals surface area contributed by atoms with E-state index in [1.165, 1.54) is 0 Å². The van der Waals surface area contributed by atoms with Gasteiger partial charge in [0, 0.05) is 6.42 Å². The van der Waals surface area contributed by atoms with Gasteiger partial charge < -0.3 is 9.84 Å². The van der Waals surface area contributed by atoms with E-state index in [2.05, 4.69) is 15.5 Å². The van der Waals surface area contributed by atoms with Crippen molar-refractivity contribution in [2.75, 3.05) is 0 Å². The van der Waals surface area contributed by atoms with Crippen molar-refractivity contribution in [1.29, 1.82) is 0 Å². The van der Waals surface area contributed by atoms with E-state index < -0.39 is 0 Å². The number of aryl methyl sites for hydroxylation is 1. The summed E-state index contributed by atoms with van der Waals surface area (Å²) in [4.78, 5) is 15.4. The lowest BCUT2D eigenvalue weighted by molar-refractivity contribution is -0.123. The highest BCUT2D eigenvalue weighted by Gasteiger charge is 2.16. The Morgan fingerprint density at radius 2 is 2.13 bits per heavy atom. The van der Waals surface area contributed by atoms with Crippen molar-refractivity contribution in [1.82, 2.24) is 15.5 Å². The lowest BCUT2D eigenvalue weighted by atomic mass is 9.92. The van der Waals surface area contributed by atoms with Crippen molar-refractivity contribution in [3.8, 4) is 0 Å². The van der Waals surface area contributed by atoms with Gasteiger partial charge in [-0.05, 0) is 12.3 Å². The Labute approximate surface area is 89.2 Å². The molecule has 5 heteroatoms. The van der Waals surface area contributed by atoms with Crippen LogP contribution in [0.15, 0.2) is 4.52 Å². The van der Waals surface area contributed by atoms with Gasteiger partial charge in [-0.2, -0.15) is 4.98 Å². The average Bonchev–Trinajstić information content (AvgIpc) is 2.45. The Bertz CT molecular complexity index is 339. The van der Waals surface area contributed by atoms with E-state index >= 15 is 0 Å². The van der Waals surface area contributed by atoms with Gasteiger partial charge in [0.15, 0.2) is 5.82 Å². The summed E-state index contributed by atoms with van der Waals surface area (Å²) < 4.78 is 4.87. The Balaban J connectivity index is 2.35. The van der Waals surface area contributed by atoms with Crippen molar-refractivity contribution in [3.05, 3.63) is 11.7 Å². The first-order valence-electron chi connectivity index (χ1n) is 4.93. The molecule has 0 aliphatic heterocycles. The van der Waals surface area contributed by atoms with Crippen LogP contribution in [0.3, 0.4) is 0 Å². The van der Waals surface area contributed by atoms with Crippen LogP contribution in [0, 0.1) is 12.3 Å². The molecule has 1 rings (SSSR count). The van der Waals surface area contributed by atoms with E-state index in [1.54, 1.807) is 6.92 Å². The SMILES string of the molecule is Cc1noc(CNC(=O)CC(C)(C)C)n1. The second-order valence-electron chi connectivity index (χ2n) is 4.75. The van der Waals surface area contributed by atoms with E-state index in [0.29, 0.717) is 24.7 Å². The van der Waals surface area contributed by atoms with E-state index in [0.717, 1.165) is 0 Å². The fourth-order valence-electron chi connectivity index (χ4n) is 1.13. The molecule has 1 N–H and O–H groups in total. The largest absolute Gasteiger partial charge is 0.347 e. The van der Waals surface area contributed by atoms with Crippen molar-refractivity contribution in [2.24, 2.45) is 5.41 Å². The number of carbonyl (C=O) groups excluding carboxylic acids is 1. The molecule has 0 saturated carbocycles. The molecule has 0 unspecified atom stereocenters. The average molecular weight is 211 g/mol. The normalized spacial score (nSPS) is 11.5. The number of nitrogens with zero attached hydrogens (tertiary/aromatic N) is 2. The molecule has 0 radical (unpaired) electrons. The zero-order chi connectivity index (χ0) is 11.5. The lowest BCUT2D eigenvalue weighted by Gasteiger charge is -2.16. The van der Waals surface area contributed by atoms with Gasteiger partial charge in [0.25, 0.3) is 0 Å². The summed E-state index contributed by atoms with van der Waals surface area (Å²) >= 11 is 0. The van der Waals surface area contributed by atoms with Gasteiger partial charge >= 0.3 is 0 Å². The molecule has 0 saturated heterocycles. The van der Waals surface area contributed by atoms with Crippen LogP contribution in [-0.4, -0.2) is 16.0 Å². The first kappa shape index (κ1) is 11.7. The summed E-state index contributed by atoms with van der Waals surface area (Å²) in [5, 5.41) is 6.37. The number of aromatic nitrogens is 2. The third-order valence-corrected chi connectivity index (χ3v) is 1.70. The minimum absolute atomic E-state index is 0.00152. The number of hydrogen-bond donors (Lipinski definition) is 1. The highest BCUT2D eigenvalue weighted by atomic mass is 16.5. The molecule has 15 heavy (non-hydrogen) atoms. The third kappa shape index (κ3) is 4.58. The Kier molecular flexibility index (Phi) is 3.44. The maximum atomic E-state index is 11.4. The van der Waals surface area contributed by atoms with E-state index in [-0.39, 0.29) is 11.3 Å². The predicted octanol–water partition coefficient (Wildman–Crippen LogP) is 1.43. The van der Waals surface area contributed by atoms with Crippen LogP contribution < -0.4 is 5.32 Å². The quantitative estimate of drug-likeness (QED) is 0.821. The zero-order valence-corrected chi connectivity index (χ0v) is 9.63. The third-order valence-electron chi connectivity index (χ3n) is 1.70. The van der Waals surface area contributed by atoms with Crippen LogP contribution in [0.1, 0.15) is 38.9 Å². The first-order valence-corrected chi connectivity index (χ1v) is 4.93. The second kappa shape index (κ2) is 4.42. The molecule has 1 aromatic rings. The summed E-state index contributed by atoms with van der Waals surface area (Å²) in [6.07, 6.45) is 0.486. The van der Waals surface area contributed by atoms with Crippen LogP contribution in [0.5, 0.6) is 0 Å². The van der Waals surface area contributed by atoms with Crippen LogP contribution in [-0.2, 0) is 11.3 Å². The molecule has 1 heterocycles. The maximum absolute atomic E-state index is 11.4. The van der Waals surface area contributed by atoms with Crippen LogP contribution in [0.4, 0.5) is 0 Å². The number of amides is 1. The van der Waals surface area contributed by atoms with E-state index in [1.807, 2.05) is 20.8 Å². The van der Waals surface area contributed by atoms with Gasteiger partial charge in [0.1, 0.15) is 0 Å². The molecule has 0 aliphatic carbocycles. The first-order chi connectivity index (χ1) is 6.87. The monoisotopic (exact) mass is 211 g/mol. The van der Waals surface area contributed by atoms with Crippen molar-refractivity contribution in [3.63, 3.8) is 0 Å². The summed E-state index contributed by atoms with van der Waals surface area (Å²) in [6, 6.07) is 0. The fourth-order valence-corrected chi connectivity index (χ4v) is 1.13. The number of hydrogen-bond acceptors (Lipinski definition) is 4. The Morgan fingerprint density at radius 1 is 1.47 bits per heavy atom. The Hall–Kier alpha value is -1.39. The van der Waals surface area contributed by atoms with Gasteiger partial charge in [0.05, 0.1) is 6.54 Å². The summed E-state index contributed by atoms with van der Waals surface area (Å²) in [5.74, 6) is 1.02. The molecule has 0 aliphatic rings. The highest BCUT2D eigenvalue weighted by Crippen LogP contribution is 2.17. The minimum Gasteiger partial charge on any atom is -0.347 e. The summed E-state index contributed by atoms with van der Waals surface area (Å²) in [5.41, 5.74) is -0.00512. The van der Waals surface area contributed by atoms with E-state index in [4.69, 9.17) is 4.52 Å². The maximum Gasteiger partial charge on any atom is 0.246 e. The molecule has 1 aromatic heterocycles. The smallest absolute Gasteiger partial charge is 0.246 e. The number of carbonyl (C=O) groups is 1. The molecule has 0 atom stereocenters. The van der Waals surface area contributed by atoms with E-state index in [9.17, 15) is 4.79 Å². The molecule has 0 fully saturated rings. The number of nitrogens with one attached hydrogen (secondary N) is 1. The second-order valence-corrected chi connectivity index (χ2v) is 4.75. The van der Waals surface area contributed by atoms with Crippen LogP contribution >= 0.6 is 0 Å². The Morgan fingerprint density at radius 3 is 2.60 bits per heavy atom. The van der Waals surface area contributed by atoms with Crippen molar-refractivity contribution < 1.29 is 9.32 Å². The number of rotatable bonds is 3. The van der Waals surface area contributed by atoms with Crippen LogP contribution in [0.25, 0.3) is 0 Å². The molecule has 0 bridgehead atoms. The summed E-state index contributed by atoms with van der Waals surface area (Å²) in [6.45, 7) is 8.09. The zero-order valence-electron chi connectivity index (χ0n) is 9.63. The van der Waals surface area contributed by atoms with Gasteiger partial charge in [0.2, 0.25) is 11.8 Å². The molecule has 5 nitrogen and oxygen atoms in total. The standard InChI is InChI=1S/C10H17N3O2/c1-7-12-9(15-13-7)6-11-8(14)5-10(2,3)4/h5-6H2,1-4H3,(H,11,14). The molecule has 0 aromatic carbocycles. The predicted molar refractivity (Wildman–Crippen MR) is 55.0 cm³/mol. The minimum atomic E-state index is -0.00512. The highest BCUT2D eigenvalue weighted by molar-refractivity contribution is 5.76. The van der Waals surface area contributed by atoms with Gasteiger partial charge in [-0.25, -0.2) is 0 Å². The van der Waals surface area contributed by atoms with Gasteiger partial charge in [-0.15, -0.1) is 0 Å². The molecular formula is C10H17N3O2. The topological polar surface area (TPSA) is 68.0 Å². The summed E-state index contributed by atoms with van der Waals surface area (Å²) in [7, 11) is 0. The van der Waals surface area contributed by atoms with Gasteiger partial charge in [-0.1, -0.05) is 25.9 Å². The van der Waals surface area contributed by atoms with Crippen molar-refractivity contribution >= 4 is 5.91 Å². The molecule has 1 amide bonds.